The molecule has 2 N–H and O–H groups in total. The summed E-state index contributed by atoms with van der Waals surface area (Å²) < 4.78 is 21.2. The van der Waals surface area contributed by atoms with E-state index in [2.05, 4.69) is 45.0 Å². The second-order valence-electron chi connectivity index (χ2n) is 10.9. The number of allylic oxidation sites excluding steroid dienone is 1. The lowest BCUT2D eigenvalue weighted by Crippen LogP contribution is -2.46. The average molecular weight is 555 g/mol. The molecule has 2 amide bonds. The van der Waals surface area contributed by atoms with Gasteiger partial charge in [-0.05, 0) is 55.4 Å². The van der Waals surface area contributed by atoms with E-state index in [0.29, 0.717) is 49.3 Å². The van der Waals surface area contributed by atoms with Crippen molar-refractivity contribution in [3.8, 4) is 11.4 Å². The van der Waals surface area contributed by atoms with Crippen LogP contribution in [0.5, 0.6) is 0 Å². The molecule has 2 aliphatic carbocycles. The van der Waals surface area contributed by atoms with Crippen molar-refractivity contribution in [2.24, 2.45) is 0 Å². The van der Waals surface area contributed by atoms with Gasteiger partial charge in [0.05, 0.1) is 31.6 Å². The van der Waals surface area contributed by atoms with Crippen molar-refractivity contribution in [1.29, 1.82) is 0 Å². The zero-order valence-electron chi connectivity index (χ0n) is 22.8. The largest absolute Gasteiger partial charge is 0.378 e. The predicted molar refractivity (Wildman–Crippen MR) is 152 cm³/mol. The number of amides is 2. The lowest BCUT2D eigenvalue weighted by molar-refractivity contribution is 0.0526. The van der Waals surface area contributed by atoms with E-state index >= 15 is 0 Å². The Labute approximate surface area is 236 Å². The number of carbonyl (C=O) groups excluding carboxylic acids is 1. The number of hydrogen-bond donors (Lipinski definition) is 2. The lowest BCUT2D eigenvalue weighted by Gasteiger charge is -2.28. The van der Waals surface area contributed by atoms with Crippen LogP contribution in [-0.2, 0) is 11.2 Å². The summed E-state index contributed by atoms with van der Waals surface area (Å²) in [6.07, 6.45) is 8.31. The minimum Gasteiger partial charge on any atom is -0.378 e. The maximum atomic E-state index is 14.1. The van der Waals surface area contributed by atoms with E-state index in [-0.39, 0.29) is 18.1 Å². The maximum absolute atomic E-state index is 14.1. The molecule has 1 aromatic carbocycles. The Bertz CT molecular complexity index is 1660. The van der Waals surface area contributed by atoms with Crippen LogP contribution in [0.3, 0.4) is 0 Å². The Kier molecular flexibility index (Phi) is 6.58. The molecule has 3 aromatic heterocycles. The van der Waals surface area contributed by atoms with Gasteiger partial charge in [-0.2, -0.15) is 14.6 Å². The third-order valence-electron chi connectivity index (χ3n) is 8.21. The number of aromatic nitrogens is 5. The van der Waals surface area contributed by atoms with Crippen molar-refractivity contribution in [3.63, 3.8) is 0 Å². The number of benzene rings is 1. The summed E-state index contributed by atoms with van der Waals surface area (Å²) in [5.74, 6) is 0.391. The van der Waals surface area contributed by atoms with E-state index < -0.39 is 5.82 Å². The quantitative estimate of drug-likeness (QED) is 0.376. The monoisotopic (exact) mass is 554 g/mol. The zero-order chi connectivity index (χ0) is 27.9. The Morgan fingerprint density at radius 1 is 1.15 bits per heavy atom. The predicted octanol–water partition coefficient (Wildman–Crippen LogP) is 4.40. The van der Waals surface area contributed by atoms with E-state index in [1.165, 1.54) is 28.3 Å². The van der Waals surface area contributed by atoms with Gasteiger partial charge in [0.25, 0.3) is 0 Å². The molecule has 41 heavy (non-hydrogen) atoms. The second-order valence-corrected chi connectivity index (χ2v) is 10.9. The van der Waals surface area contributed by atoms with Crippen molar-refractivity contribution in [3.05, 3.63) is 77.0 Å². The topological polar surface area (TPSA) is 110 Å². The fraction of sp³-hybridized carbons (Fsp3) is 0.367. The molecular formula is C30H31FN8O2. The van der Waals surface area contributed by atoms with Crippen LogP contribution in [0.1, 0.15) is 48.9 Å². The molecular weight excluding hydrogens is 523 g/mol. The number of carbonyl (C=O) groups is 1. The van der Waals surface area contributed by atoms with E-state index in [0.717, 1.165) is 37.4 Å². The van der Waals surface area contributed by atoms with Gasteiger partial charge >= 0.3 is 6.03 Å². The van der Waals surface area contributed by atoms with Gasteiger partial charge < -0.3 is 20.3 Å². The Morgan fingerprint density at radius 2 is 2.00 bits per heavy atom. The normalized spacial score (nSPS) is 19.2. The van der Waals surface area contributed by atoms with Gasteiger partial charge in [0.1, 0.15) is 5.82 Å². The Hall–Kier alpha value is -4.38. The third kappa shape index (κ3) is 4.90. The fourth-order valence-corrected chi connectivity index (χ4v) is 6.07. The smallest absolute Gasteiger partial charge is 0.318 e. The molecule has 1 aliphatic heterocycles. The van der Waals surface area contributed by atoms with Crippen LogP contribution in [0.2, 0.25) is 0 Å². The molecule has 10 nitrogen and oxygen atoms in total. The summed E-state index contributed by atoms with van der Waals surface area (Å²) in [4.78, 5) is 28.2. The van der Waals surface area contributed by atoms with Crippen molar-refractivity contribution in [2.75, 3.05) is 31.6 Å². The number of ether oxygens (including phenoxy) is 1. The van der Waals surface area contributed by atoms with Crippen LogP contribution in [0.4, 0.5) is 15.1 Å². The molecule has 0 bridgehead atoms. The Balaban J connectivity index is 1.21. The number of halogens is 1. The third-order valence-corrected chi connectivity index (χ3v) is 8.21. The average Bonchev–Trinajstić information content (AvgIpc) is 3.59. The van der Waals surface area contributed by atoms with Gasteiger partial charge in [0.15, 0.2) is 11.5 Å². The number of morpholine rings is 1. The summed E-state index contributed by atoms with van der Waals surface area (Å²) in [6.45, 7) is 4.04. The van der Waals surface area contributed by atoms with Gasteiger partial charge in [-0.1, -0.05) is 29.8 Å². The van der Waals surface area contributed by atoms with E-state index in [9.17, 15) is 9.18 Å². The summed E-state index contributed by atoms with van der Waals surface area (Å²) in [5, 5.41) is 11.3. The van der Waals surface area contributed by atoms with Crippen LogP contribution in [0.15, 0.2) is 54.5 Å². The van der Waals surface area contributed by atoms with Crippen molar-refractivity contribution < 1.29 is 13.9 Å². The lowest BCUT2D eigenvalue weighted by atomic mass is 9.88. The summed E-state index contributed by atoms with van der Waals surface area (Å²) in [7, 11) is 0. The first-order valence-electron chi connectivity index (χ1n) is 14.1. The summed E-state index contributed by atoms with van der Waals surface area (Å²) >= 11 is 0. The van der Waals surface area contributed by atoms with Crippen LogP contribution in [-0.4, -0.2) is 67.8 Å². The molecule has 11 heteroatoms. The van der Waals surface area contributed by atoms with Crippen molar-refractivity contribution in [2.45, 2.75) is 44.7 Å². The number of nitrogens with one attached hydrogen (secondary N) is 2. The molecule has 0 unspecified atom stereocenters. The summed E-state index contributed by atoms with van der Waals surface area (Å²) in [6, 6.07) is 9.61. The number of hydrogen-bond acceptors (Lipinski definition) is 7. The first-order valence-corrected chi connectivity index (χ1v) is 14.1. The standard InChI is InChI=1S/C30H31FN8O2/c1-18(34-30(40)38-8-10-41-11-9-38)26-17-33-39-28(26)36-27(21-13-22(31)16-32-15-21)37-29(39)35-23-7-6-20-12-19-4-2-3-5-24(19)25(20)14-23/h2-5,13,15-18,23H,6-12,14H2,1H3,(H,34,40)(H,35,36,37)/t18-,23+/m0/s1. The number of urea groups is 1. The number of rotatable bonds is 5. The van der Waals surface area contributed by atoms with Gasteiger partial charge in [-0.15, -0.1) is 0 Å². The molecule has 210 valence electrons. The Morgan fingerprint density at radius 3 is 2.85 bits per heavy atom. The first-order chi connectivity index (χ1) is 20.0. The number of fused-ring (bicyclic) bond motifs is 3. The number of anilines is 1. The van der Waals surface area contributed by atoms with Gasteiger partial charge in [0.2, 0.25) is 5.95 Å². The van der Waals surface area contributed by atoms with Crippen molar-refractivity contribution >= 4 is 23.2 Å². The van der Waals surface area contributed by atoms with Gasteiger partial charge in [-0.25, -0.2) is 14.2 Å². The van der Waals surface area contributed by atoms with E-state index in [1.54, 1.807) is 21.8 Å². The van der Waals surface area contributed by atoms with Crippen LogP contribution < -0.4 is 10.6 Å². The highest BCUT2D eigenvalue weighted by atomic mass is 19.1. The molecule has 2 atom stereocenters. The van der Waals surface area contributed by atoms with Gasteiger partial charge in [0, 0.05) is 36.5 Å². The van der Waals surface area contributed by atoms with Crippen molar-refractivity contribution in [1.82, 2.24) is 34.8 Å². The number of pyridine rings is 1. The molecule has 0 radical (unpaired) electrons. The SMILES string of the molecule is C[C@H](NC(=O)N1CCOCC1)c1cnn2c(N[C@@H]3CCC4=C(C3)c3ccccc3C4)nc(-c3cncc(F)c3)nc12. The summed E-state index contributed by atoms with van der Waals surface area (Å²) in [5.41, 5.74) is 7.43. The molecule has 0 saturated carbocycles. The molecule has 0 spiro atoms. The molecule has 4 aromatic rings. The van der Waals surface area contributed by atoms with E-state index in [4.69, 9.17) is 14.7 Å². The minimum absolute atomic E-state index is 0.141. The highest BCUT2D eigenvalue weighted by Gasteiger charge is 2.29. The fourth-order valence-electron chi connectivity index (χ4n) is 6.07. The first kappa shape index (κ1) is 25.6. The molecule has 1 fully saturated rings. The minimum atomic E-state index is -0.466. The van der Waals surface area contributed by atoms with E-state index in [1.807, 2.05) is 6.92 Å². The zero-order valence-corrected chi connectivity index (χ0v) is 22.8. The highest BCUT2D eigenvalue weighted by Crippen LogP contribution is 2.42. The van der Waals surface area contributed by atoms with Crippen LogP contribution >= 0.6 is 0 Å². The highest BCUT2D eigenvalue weighted by molar-refractivity contribution is 5.78. The van der Waals surface area contributed by atoms with Crippen LogP contribution in [0, 0.1) is 5.82 Å². The number of nitrogens with zero attached hydrogens (tertiary/aromatic N) is 6. The van der Waals surface area contributed by atoms with Gasteiger partial charge in [-0.3, -0.25) is 4.98 Å². The molecule has 7 rings (SSSR count). The molecule has 3 aliphatic rings. The molecule has 1 saturated heterocycles. The second kappa shape index (κ2) is 10.5. The maximum Gasteiger partial charge on any atom is 0.318 e. The molecule has 4 heterocycles. The van der Waals surface area contributed by atoms with Crippen LogP contribution in [0.25, 0.3) is 22.6 Å².